The first-order valence-corrected chi connectivity index (χ1v) is 14.9. The largest absolute Gasteiger partial charge is 0.460 e. The highest BCUT2D eigenvalue weighted by Crippen LogP contribution is 2.33. The molecule has 0 N–H and O–H groups in total. The fourth-order valence-corrected chi connectivity index (χ4v) is 4.91. The lowest BCUT2D eigenvalue weighted by Crippen LogP contribution is -2.18. The average molecular weight is 573 g/mol. The van der Waals surface area contributed by atoms with Gasteiger partial charge in [-0.15, -0.1) is 23.5 Å². The van der Waals surface area contributed by atoms with Crippen LogP contribution in [0.5, 0.6) is 0 Å². The fourth-order valence-electron chi connectivity index (χ4n) is 3.38. The molecule has 2 rings (SSSR count). The highest BCUT2D eigenvalue weighted by atomic mass is 32.2. The number of ether oxygens (including phenoxy) is 4. The molecule has 0 aromatic heterocycles. The third kappa shape index (κ3) is 12.0. The van der Waals surface area contributed by atoms with Crippen LogP contribution in [-0.4, -0.2) is 63.1 Å². The van der Waals surface area contributed by atoms with Crippen LogP contribution in [0.1, 0.15) is 38.8 Å². The number of rotatable bonds is 18. The number of esters is 2. The number of carbonyl (C=O) groups excluding carboxylic acids is 2. The Hall–Kier alpha value is -2.52. The molecule has 2 aromatic carbocycles. The molecule has 0 atom stereocenters. The summed E-state index contributed by atoms with van der Waals surface area (Å²) in [5, 5.41) is 0. The van der Waals surface area contributed by atoms with Crippen molar-refractivity contribution in [3.8, 4) is 0 Å². The van der Waals surface area contributed by atoms with Gasteiger partial charge in [0.1, 0.15) is 13.2 Å². The standard InChI is InChI=1S/C31H40O6S2/c1-23(2)29(32)36-17-15-34-19-21-38-27-11-7-25(8-12-27)31(5,6)26-9-13-28(14-10-26)39-22-20-35-16-18-37-30(33)24(3)4/h7-14H,1,3,15-22H2,2,4-6H3. The Kier molecular flexibility index (Phi) is 14.4. The van der Waals surface area contributed by atoms with Gasteiger partial charge in [0, 0.05) is 37.9 Å². The number of hydrogen-bond donors (Lipinski definition) is 0. The van der Waals surface area contributed by atoms with Gasteiger partial charge in [-0.25, -0.2) is 9.59 Å². The van der Waals surface area contributed by atoms with Crippen molar-refractivity contribution in [3.63, 3.8) is 0 Å². The van der Waals surface area contributed by atoms with E-state index >= 15 is 0 Å². The molecule has 8 heteroatoms. The van der Waals surface area contributed by atoms with Gasteiger partial charge in [0.05, 0.1) is 26.4 Å². The Labute approximate surface area is 241 Å². The molecule has 0 heterocycles. The summed E-state index contributed by atoms with van der Waals surface area (Å²) in [5.74, 6) is 0.878. The summed E-state index contributed by atoms with van der Waals surface area (Å²) < 4.78 is 21.1. The lowest BCUT2D eigenvalue weighted by molar-refractivity contribution is -0.141. The first kappa shape index (κ1) is 32.7. The summed E-state index contributed by atoms with van der Waals surface area (Å²) in [4.78, 5) is 25.0. The lowest BCUT2D eigenvalue weighted by Gasteiger charge is -2.26. The second-order valence-corrected chi connectivity index (χ2v) is 11.8. The predicted molar refractivity (Wildman–Crippen MR) is 160 cm³/mol. The maximum absolute atomic E-state index is 11.3. The molecule has 0 saturated carbocycles. The van der Waals surface area contributed by atoms with Crippen LogP contribution < -0.4 is 0 Å². The van der Waals surface area contributed by atoms with Gasteiger partial charge >= 0.3 is 11.9 Å². The minimum absolute atomic E-state index is 0.124. The number of benzene rings is 2. The van der Waals surface area contributed by atoms with Crippen molar-refractivity contribution in [2.45, 2.75) is 42.9 Å². The topological polar surface area (TPSA) is 71.1 Å². The van der Waals surface area contributed by atoms with Crippen LogP contribution >= 0.6 is 23.5 Å². The van der Waals surface area contributed by atoms with Crippen LogP contribution in [0.3, 0.4) is 0 Å². The summed E-state index contributed by atoms with van der Waals surface area (Å²) in [7, 11) is 0. The van der Waals surface area contributed by atoms with E-state index < -0.39 is 0 Å². The second kappa shape index (κ2) is 17.2. The van der Waals surface area contributed by atoms with E-state index in [0.29, 0.717) is 37.6 Å². The van der Waals surface area contributed by atoms with Crippen molar-refractivity contribution in [1.29, 1.82) is 0 Å². The molecule has 0 saturated heterocycles. The van der Waals surface area contributed by atoms with Crippen molar-refractivity contribution in [3.05, 3.63) is 84.0 Å². The third-order valence-corrected chi connectivity index (χ3v) is 7.72. The maximum Gasteiger partial charge on any atom is 0.333 e. The summed E-state index contributed by atoms with van der Waals surface area (Å²) in [5.41, 5.74) is 3.17. The van der Waals surface area contributed by atoms with Crippen LogP contribution in [0.15, 0.2) is 82.6 Å². The predicted octanol–water partition coefficient (Wildman–Crippen LogP) is 6.47. The van der Waals surface area contributed by atoms with Crippen LogP contribution in [0.4, 0.5) is 0 Å². The third-order valence-electron chi connectivity index (χ3n) is 5.76. The van der Waals surface area contributed by atoms with Crippen molar-refractivity contribution >= 4 is 35.5 Å². The number of carbonyl (C=O) groups is 2. The smallest absolute Gasteiger partial charge is 0.333 e. The van der Waals surface area contributed by atoms with Gasteiger partial charge in [-0.1, -0.05) is 51.3 Å². The quantitative estimate of drug-likeness (QED) is 0.0871. The van der Waals surface area contributed by atoms with E-state index in [0.717, 1.165) is 11.5 Å². The Morgan fingerprint density at radius 3 is 1.33 bits per heavy atom. The minimum atomic E-state index is -0.384. The SMILES string of the molecule is C=C(C)C(=O)OCCOCCSc1ccc(C(C)(C)c2ccc(SCCOCCOC(=O)C(=C)C)cc2)cc1. The first-order valence-electron chi connectivity index (χ1n) is 12.9. The molecule has 0 aliphatic carbocycles. The zero-order valence-corrected chi connectivity index (χ0v) is 25.1. The highest BCUT2D eigenvalue weighted by Gasteiger charge is 2.23. The average Bonchev–Trinajstić information content (AvgIpc) is 2.92. The summed E-state index contributed by atoms with van der Waals surface area (Å²) in [6.07, 6.45) is 0. The Morgan fingerprint density at radius 2 is 1.00 bits per heavy atom. The molecular weight excluding hydrogens is 532 g/mol. The van der Waals surface area contributed by atoms with Gasteiger partial charge in [0.2, 0.25) is 0 Å². The van der Waals surface area contributed by atoms with E-state index in [4.69, 9.17) is 18.9 Å². The molecule has 0 unspecified atom stereocenters. The van der Waals surface area contributed by atoms with E-state index in [2.05, 4.69) is 75.5 Å². The first-order chi connectivity index (χ1) is 18.6. The second-order valence-electron chi connectivity index (χ2n) is 9.43. The Morgan fingerprint density at radius 1 is 0.641 bits per heavy atom. The van der Waals surface area contributed by atoms with Crippen molar-refractivity contribution in [2.24, 2.45) is 0 Å². The van der Waals surface area contributed by atoms with Gasteiger partial charge in [-0.3, -0.25) is 0 Å². The fraction of sp³-hybridized carbons (Fsp3) is 0.419. The molecule has 2 aromatic rings. The molecule has 0 aliphatic rings. The van der Waals surface area contributed by atoms with Crippen LogP contribution in [-0.2, 0) is 34.0 Å². The number of thioether (sulfide) groups is 2. The van der Waals surface area contributed by atoms with E-state index in [-0.39, 0.29) is 30.6 Å². The normalized spacial score (nSPS) is 11.2. The molecule has 39 heavy (non-hydrogen) atoms. The van der Waals surface area contributed by atoms with Gasteiger partial charge in [-0.2, -0.15) is 0 Å². The summed E-state index contributed by atoms with van der Waals surface area (Å²) >= 11 is 3.47. The minimum Gasteiger partial charge on any atom is -0.460 e. The van der Waals surface area contributed by atoms with E-state index in [1.54, 1.807) is 37.4 Å². The van der Waals surface area contributed by atoms with Gasteiger partial charge in [0.15, 0.2) is 0 Å². The molecule has 0 fully saturated rings. The zero-order chi connectivity index (χ0) is 28.7. The highest BCUT2D eigenvalue weighted by molar-refractivity contribution is 7.99. The Bertz CT molecular complexity index is 992. The summed E-state index contributed by atoms with van der Waals surface area (Å²) in [6.45, 7) is 17.2. The van der Waals surface area contributed by atoms with E-state index in [1.165, 1.54) is 20.9 Å². The van der Waals surface area contributed by atoms with Crippen molar-refractivity contribution in [1.82, 2.24) is 0 Å². The maximum atomic E-state index is 11.3. The van der Waals surface area contributed by atoms with E-state index in [1.807, 2.05) is 0 Å². The monoisotopic (exact) mass is 572 g/mol. The van der Waals surface area contributed by atoms with Crippen molar-refractivity contribution in [2.75, 3.05) is 51.1 Å². The molecule has 0 amide bonds. The molecule has 6 nitrogen and oxygen atoms in total. The molecule has 0 radical (unpaired) electrons. The lowest BCUT2D eigenvalue weighted by atomic mass is 9.78. The molecule has 0 spiro atoms. The van der Waals surface area contributed by atoms with Gasteiger partial charge < -0.3 is 18.9 Å². The van der Waals surface area contributed by atoms with Crippen LogP contribution in [0.2, 0.25) is 0 Å². The van der Waals surface area contributed by atoms with Crippen LogP contribution in [0.25, 0.3) is 0 Å². The van der Waals surface area contributed by atoms with Gasteiger partial charge in [-0.05, 0) is 49.2 Å². The number of hydrogen-bond acceptors (Lipinski definition) is 8. The van der Waals surface area contributed by atoms with E-state index in [9.17, 15) is 9.59 Å². The molecular formula is C31H40O6S2. The van der Waals surface area contributed by atoms with Gasteiger partial charge in [0.25, 0.3) is 0 Å². The zero-order valence-electron chi connectivity index (χ0n) is 23.5. The molecule has 0 aliphatic heterocycles. The molecule has 0 bridgehead atoms. The van der Waals surface area contributed by atoms with Crippen LogP contribution in [0, 0.1) is 0 Å². The van der Waals surface area contributed by atoms with Crippen molar-refractivity contribution < 1.29 is 28.5 Å². The Balaban J connectivity index is 1.70. The molecule has 212 valence electrons. The summed E-state index contributed by atoms with van der Waals surface area (Å²) in [6, 6.07) is 17.4.